The molecule has 2 aromatic heterocycles. The molecular weight excluding hydrogens is 410 g/mol. The number of halogens is 2. The van der Waals surface area contributed by atoms with E-state index in [1.165, 1.54) is 52.6 Å². The molecule has 3 heterocycles. The van der Waals surface area contributed by atoms with E-state index in [-0.39, 0.29) is 22.3 Å². The average molecular weight is 424 g/mol. The van der Waals surface area contributed by atoms with E-state index in [4.69, 9.17) is 4.42 Å². The van der Waals surface area contributed by atoms with Crippen LogP contribution in [0.15, 0.2) is 51.7 Å². The summed E-state index contributed by atoms with van der Waals surface area (Å²) in [5.74, 6) is -1.65. The maximum absolute atomic E-state index is 13.8. The van der Waals surface area contributed by atoms with E-state index in [9.17, 15) is 18.4 Å². The molecule has 4 aromatic rings. The highest BCUT2D eigenvalue weighted by Gasteiger charge is 2.45. The van der Waals surface area contributed by atoms with Gasteiger partial charge in [-0.25, -0.2) is 13.8 Å². The van der Waals surface area contributed by atoms with E-state index in [0.29, 0.717) is 10.7 Å². The smallest absolute Gasteiger partial charge is 0.297 e. The molecule has 0 fully saturated rings. The molecule has 5 rings (SSSR count). The summed E-state index contributed by atoms with van der Waals surface area (Å²) in [4.78, 5) is 33.5. The number of hydrogen-bond donors (Lipinski definition) is 0. The molecule has 0 saturated heterocycles. The van der Waals surface area contributed by atoms with Gasteiger partial charge in [0.1, 0.15) is 17.2 Å². The molecule has 5 nitrogen and oxygen atoms in total. The van der Waals surface area contributed by atoms with Crippen molar-refractivity contribution in [1.29, 1.82) is 0 Å². The Morgan fingerprint density at radius 1 is 1.03 bits per heavy atom. The summed E-state index contributed by atoms with van der Waals surface area (Å²) < 4.78 is 33.1. The number of anilines is 1. The van der Waals surface area contributed by atoms with Crippen molar-refractivity contribution in [3.8, 4) is 0 Å². The molecule has 0 unspecified atom stereocenters. The fraction of sp³-hybridized carbons (Fsp3) is 0.136. The van der Waals surface area contributed by atoms with Crippen molar-refractivity contribution in [1.82, 2.24) is 4.98 Å². The van der Waals surface area contributed by atoms with Gasteiger partial charge in [-0.3, -0.25) is 14.5 Å². The van der Waals surface area contributed by atoms with Gasteiger partial charge in [0.15, 0.2) is 10.6 Å². The molecule has 0 N–H and O–H groups in total. The lowest BCUT2D eigenvalue weighted by molar-refractivity contribution is 0.0971. The van der Waals surface area contributed by atoms with Crippen molar-refractivity contribution in [2.45, 2.75) is 19.9 Å². The number of fused-ring (bicyclic) bond motifs is 2. The Hall–Kier alpha value is -3.39. The predicted octanol–water partition coefficient (Wildman–Crippen LogP) is 4.89. The first-order chi connectivity index (χ1) is 14.3. The molecule has 8 heteroatoms. The van der Waals surface area contributed by atoms with Crippen LogP contribution in [-0.4, -0.2) is 10.9 Å². The molecule has 0 bridgehead atoms. The van der Waals surface area contributed by atoms with Gasteiger partial charge in [0, 0.05) is 4.88 Å². The number of benzene rings is 2. The lowest BCUT2D eigenvalue weighted by Gasteiger charge is -2.22. The van der Waals surface area contributed by atoms with Crippen LogP contribution in [0, 0.1) is 25.5 Å². The zero-order chi connectivity index (χ0) is 21.2. The van der Waals surface area contributed by atoms with E-state index in [1.54, 1.807) is 0 Å². The molecule has 0 radical (unpaired) electrons. The number of amides is 1. The van der Waals surface area contributed by atoms with E-state index in [1.807, 2.05) is 13.8 Å². The molecule has 0 spiro atoms. The van der Waals surface area contributed by atoms with Crippen molar-refractivity contribution in [2.24, 2.45) is 0 Å². The van der Waals surface area contributed by atoms with E-state index < -0.39 is 29.0 Å². The third-order valence-corrected chi connectivity index (χ3v) is 6.31. The fourth-order valence-electron chi connectivity index (χ4n) is 3.66. The molecule has 1 amide bonds. The third-order valence-electron chi connectivity index (χ3n) is 5.24. The van der Waals surface area contributed by atoms with Crippen LogP contribution in [0.4, 0.5) is 13.9 Å². The number of hydrogen-bond acceptors (Lipinski definition) is 5. The van der Waals surface area contributed by atoms with Crippen LogP contribution in [0.25, 0.3) is 11.0 Å². The summed E-state index contributed by atoms with van der Waals surface area (Å²) in [7, 11) is 0. The summed E-state index contributed by atoms with van der Waals surface area (Å²) in [5.41, 5.74) is 1.01. The third kappa shape index (κ3) is 2.68. The maximum atomic E-state index is 13.8. The van der Waals surface area contributed by atoms with Crippen LogP contribution < -0.4 is 10.3 Å². The Morgan fingerprint density at radius 3 is 2.40 bits per heavy atom. The van der Waals surface area contributed by atoms with Gasteiger partial charge in [-0.1, -0.05) is 12.1 Å². The van der Waals surface area contributed by atoms with E-state index >= 15 is 0 Å². The van der Waals surface area contributed by atoms with Crippen LogP contribution in [-0.2, 0) is 0 Å². The normalized spacial score (nSPS) is 15.8. The monoisotopic (exact) mass is 424 g/mol. The van der Waals surface area contributed by atoms with E-state index in [2.05, 4.69) is 4.98 Å². The molecule has 30 heavy (non-hydrogen) atoms. The van der Waals surface area contributed by atoms with Gasteiger partial charge >= 0.3 is 0 Å². The largest absolute Gasteiger partial charge is 0.450 e. The van der Waals surface area contributed by atoms with Gasteiger partial charge in [-0.15, -0.1) is 11.3 Å². The van der Waals surface area contributed by atoms with Gasteiger partial charge in [0.25, 0.3) is 5.91 Å². The number of rotatable bonds is 2. The molecule has 150 valence electrons. The molecule has 1 aliphatic heterocycles. The maximum Gasteiger partial charge on any atom is 0.297 e. The van der Waals surface area contributed by atoms with Crippen molar-refractivity contribution in [3.63, 3.8) is 0 Å². The number of nitrogens with zero attached hydrogens (tertiary/aromatic N) is 2. The first kappa shape index (κ1) is 18.6. The van der Waals surface area contributed by atoms with Gasteiger partial charge in [-0.2, -0.15) is 0 Å². The van der Waals surface area contributed by atoms with Crippen molar-refractivity contribution in [3.05, 3.63) is 91.8 Å². The SMILES string of the molecule is Cc1nc(N2C(=O)c3oc4ccc(F)cc4c(=O)c3[C@H]2c2ccc(F)cc2)sc1C. The van der Waals surface area contributed by atoms with Gasteiger partial charge < -0.3 is 4.42 Å². The molecule has 1 atom stereocenters. The summed E-state index contributed by atoms with van der Waals surface area (Å²) >= 11 is 1.32. The second-order valence-electron chi connectivity index (χ2n) is 7.08. The molecule has 0 saturated carbocycles. The molecular formula is C22H14F2N2O3S. The van der Waals surface area contributed by atoms with Crippen LogP contribution in [0.5, 0.6) is 0 Å². The highest BCUT2D eigenvalue weighted by atomic mass is 32.1. The van der Waals surface area contributed by atoms with Crippen LogP contribution in [0.3, 0.4) is 0 Å². The molecule has 1 aliphatic rings. The Balaban J connectivity index is 1.82. The number of carbonyl (C=O) groups is 1. The van der Waals surface area contributed by atoms with Crippen LogP contribution in [0.2, 0.25) is 0 Å². The summed E-state index contributed by atoms with van der Waals surface area (Å²) in [6, 6.07) is 8.27. The standard InChI is InChI=1S/C22H14F2N2O3S/c1-10-11(2)30-22(25-10)26-18(12-3-5-13(23)6-4-12)17-19(27)15-9-14(24)7-8-16(15)29-20(17)21(26)28/h3-9,18H,1-2H3/t18-/m1/s1. The van der Waals surface area contributed by atoms with Gasteiger partial charge in [0.2, 0.25) is 5.76 Å². The average Bonchev–Trinajstić information content (AvgIpc) is 3.20. The number of carbonyl (C=O) groups excluding carboxylic acids is 1. The number of thiazole rings is 1. The zero-order valence-corrected chi connectivity index (χ0v) is 16.7. The summed E-state index contributed by atoms with van der Waals surface area (Å²) in [6.07, 6.45) is 0. The summed E-state index contributed by atoms with van der Waals surface area (Å²) in [5, 5.41) is 0.451. The van der Waals surface area contributed by atoms with Crippen LogP contribution in [0.1, 0.15) is 38.3 Å². The van der Waals surface area contributed by atoms with Gasteiger partial charge in [-0.05, 0) is 49.7 Å². The van der Waals surface area contributed by atoms with Crippen molar-refractivity contribution < 1.29 is 18.0 Å². The van der Waals surface area contributed by atoms with E-state index in [0.717, 1.165) is 16.6 Å². The number of aromatic nitrogens is 1. The van der Waals surface area contributed by atoms with Crippen molar-refractivity contribution in [2.75, 3.05) is 4.90 Å². The highest BCUT2D eigenvalue weighted by molar-refractivity contribution is 7.15. The minimum absolute atomic E-state index is 0.0435. The van der Waals surface area contributed by atoms with Crippen molar-refractivity contribution >= 4 is 33.3 Å². The van der Waals surface area contributed by atoms with Crippen LogP contribution >= 0.6 is 11.3 Å². The van der Waals surface area contributed by atoms with Gasteiger partial charge in [0.05, 0.1) is 22.7 Å². The number of aryl methyl sites for hydroxylation is 2. The Bertz CT molecular complexity index is 1370. The first-order valence-electron chi connectivity index (χ1n) is 9.14. The minimum atomic E-state index is -0.859. The second kappa shape index (κ2) is 6.56. The lowest BCUT2D eigenvalue weighted by atomic mass is 9.98. The topological polar surface area (TPSA) is 63.4 Å². The Kier molecular flexibility index (Phi) is 4.08. The Labute approximate surface area is 173 Å². The quantitative estimate of drug-likeness (QED) is 0.459. The molecule has 0 aliphatic carbocycles. The zero-order valence-electron chi connectivity index (χ0n) is 15.9. The lowest BCUT2D eigenvalue weighted by Crippen LogP contribution is -2.29. The first-order valence-corrected chi connectivity index (χ1v) is 9.96. The fourth-order valence-corrected chi connectivity index (χ4v) is 4.60. The highest BCUT2D eigenvalue weighted by Crippen LogP contribution is 2.42. The predicted molar refractivity (Wildman–Crippen MR) is 109 cm³/mol. The molecule has 2 aromatic carbocycles. The minimum Gasteiger partial charge on any atom is -0.450 e. The second-order valence-corrected chi connectivity index (χ2v) is 8.26. The Morgan fingerprint density at radius 2 is 1.73 bits per heavy atom. The summed E-state index contributed by atoms with van der Waals surface area (Å²) in [6.45, 7) is 3.72.